The summed E-state index contributed by atoms with van der Waals surface area (Å²) in [6, 6.07) is 3.26. The van der Waals surface area contributed by atoms with Gasteiger partial charge in [0.15, 0.2) is 0 Å². The highest BCUT2D eigenvalue weighted by Crippen LogP contribution is 1.99. The third-order valence-corrected chi connectivity index (χ3v) is 2.38. The van der Waals surface area contributed by atoms with Gasteiger partial charge in [0.25, 0.3) is 0 Å². The van der Waals surface area contributed by atoms with Crippen LogP contribution in [0.3, 0.4) is 0 Å². The van der Waals surface area contributed by atoms with Crippen molar-refractivity contribution in [3.05, 3.63) is 42.2 Å². The van der Waals surface area contributed by atoms with Gasteiger partial charge < -0.3 is 15.3 Å². The number of carboxylic acid groups (broad SMARTS) is 1. The maximum absolute atomic E-state index is 11.8. The van der Waals surface area contributed by atoms with Crippen molar-refractivity contribution in [3.63, 3.8) is 0 Å². The Bertz CT molecular complexity index is 457. The zero-order valence-electron chi connectivity index (χ0n) is 10.8. The minimum Gasteiger partial charge on any atom is -0.480 e. The van der Waals surface area contributed by atoms with Gasteiger partial charge in [-0.2, -0.15) is 0 Å². The van der Waals surface area contributed by atoms with Crippen molar-refractivity contribution in [1.82, 2.24) is 15.2 Å². The molecule has 0 saturated heterocycles. The summed E-state index contributed by atoms with van der Waals surface area (Å²) in [5.41, 5.74) is 1.75. The van der Waals surface area contributed by atoms with Gasteiger partial charge in [-0.15, -0.1) is 6.58 Å². The summed E-state index contributed by atoms with van der Waals surface area (Å²) >= 11 is 0. The molecule has 0 unspecified atom stereocenters. The number of aliphatic carboxylic acids is 1. The molecule has 0 radical (unpaired) electrons. The van der Waals surface area contributed by atoms with Crippen molar-refractivity contribution in [2.45, 2.75) is 13.5 Å². The number of pyridine rings is 1. The number of rotatable bonds is 6. The Hall–Kier alpha value is -2.37. The quantitative estimate of drug-likeness (QED) is 0.755. The van der Waals surface area contributed by atoms with Crippen LogP contribution in [0.15, 0.2) is 31.0 Å². The van der Waals surface area contributed by atoms with E-state index in [9.17, 15) is 9.59 Å². The summed E-state index contributed by atoms with van der Waals surface area (Å²) in [4.78, 5) is 27.7. The highest BCUT2D eigenvalue weighted by atomic mass is 16.4. The highest BCUT2D eigenvalue weighted by molar-refractivity contribution is 5.80. The maximum Gasteiger partial charge on any atom is 0.323 e. The monoisotopic (exact) mass is 263 g/mol. The molecule has 1 aromatic heterocycles. The number of carbonyl (C=O) groups excluding carboxylic acids is 1. The first-order valence-electron chi connectivity index (χ1n) is 5.80. The molecule has 0 bridgehead atoms. The number of carboxylic acids is 1. The first kappa shape index (κ1) is 14.7. The van der Waals surface area contributed by atoms with Gasteiger partial charge in [-0.05, 0) is 18.6 Å². The lowest BCUT2D eigenvalue weighted by Crippen LogP contribution is -2.42. The van der Waals surface area contributed by atoms with Crippen molar-refractivity contribution in [3.8, 4) is 0 Å². The fraction of sp³-hybridized carbons (Fsp3) is 0.308. The van der Waals surface area contributed by atoms with E-state index < -0.39 is 12.0 Å². The lowest BCUT2D eigenvalue weighted by Gasteiger charge is -2.19. The van der Waals surface area contributed by atoms with Crippen molar-refractivity contribution in [1.29, 1.82) is 0 Å². The van der Waals surface area contributed by atoms with E-state index in [1.807, 2.05) is 19.1 Å². The standard InChI is InChI=1S/C13H17N3O3/c1-3-6-16(9-12(17)18)13(19)15-8-11-5-4-10(2)14-7-11/h3-5,7H,1,6,8-9H2,2H3,(H,15,19)(H,17,18). The summed E-state index contributed by atoms with van der Waals surface area (Å²) in [6.07, 6.45) is 3.15. The number of hydrogen-bond acceptors (Lipinski definition) is 3. The van der Waals surface area contributed by atoms with Crippen LogP contribution in [0, 0.1) is 6.92 Å². The SMILES string of the molecule is C=CCN(CC(=O)O)C(=O)NCc1ccc(C)nc1. The molecule has 0 saturated carbocycles. The second-order valence-electron chi connectivity index (χ2n) is 4.03. The fourth-order valence-corrected chi connectivity index (χ4v) is 1.43. The van der Waals surface area contributed by atoms with E-state index in [0.717, 1.165) is 16.2 Å². The van der Waals surface area contributed by atoms with Crippen LogP contribution in [-0.2, 0) is 11.3 Å². The van der Waals surface area contributed by atoms with E-state index >= 15 is 0 Å². The molecule has 1 heterocycles. The van der Waals surface area contributed by atoms with Gasteiger partial charge in [0.05, 0.1) is 0 Å². The lowest BCUT2D eigenvalue weighted by molar-refractivity contribution is -0.137. The third kappa shape index (κ3) is 5.20. The van der Waals surface area contributed by atoms with Gasteiger partial charge in [0, 0.05) is 25.0 Å². The predicted octanol–water partition coefficient (Wildman–Crippen LogP) is 1.17. The Morgan fingerprint density at radius 3 is 2.79 bits per heavy atom. The van der Waals surface area contributed by atoms with E-state index in [2.05, 4.69) is 16.9 Å². The van der Waals surface area contributed by atoms with Crippen molar-refractivity contribution in [2.24, 2.45) is 0 Å². The first-order valence-corrected chi connectivity index (χ1v) is 5.80. The number of amides is 2. The number of aromatic nitrogens is 1. The van der Waals surface area contributed by atoms with Crippen LogP contribution >= 0.6 is 0 Å². The molecule has 19 heavy (non-hydrogen) atoms. The average Bonchev–Trinajstić information content (AvgIpc) is 2.37. The minimum atomic E-state index is -1.06. The molecule has 0 aliphatic carbocycles. The molecule has 0 aliphatic rings. The van der Waals surface area contributed by atoms with Gasteiger partial charge in [0.2, 0.25) is 0 Å². The van der Waals surface area contributed by atoms with Crippen LogP contribution in [0.5, 0.6) is 0 Å². The molecule has 0 aliphatic heterocycles. The summed E-state index contributed by atoms with van der Waals surface area (Å²) < 4.78 is 0. The zero-order valence-corrected chi connectivity index (χ0v) is 10.8. The number of hydrogen-bond donors (Lipinski definition) is 2. The molecule has 0 spiro atoms. The Morgan fingerprint density at radius 1 is 1.53 bits per heavy atom. The molecule has 1 aromatic rings. The number of carbonyl (C=O) groups is 2. The molecular weight excluding hydrogens is 246 g/mol. The Kier molecular flexibility index (Phi) is 5.53. The van der Waals surface area contributed by atoms with Crippen LogP contribution in [0.1, 0.15) is 11.3 Å². The van der Waals surface area contributed by atoms with Gasteiger partial charge in [-0.25, -0.2) is 4.79 Å². The molecule has 102 valence electrons. The zero-order chi connectivity index (χ0) is 14.3. The molecule has 6 heteroatoms. The Balaban J connectivity index is 2.54. The molecule has 1 rings (SSSR count). The molecule has 0 fully saturated rings. The minimum absolute atomic E-state index is 0.185. The molecule has 2 N–H and O–H groups in total. The second kappa shape index (κ2) is 7.15. The topological polar surface area (TPSA) is 82.5 Å². The molecule has 0 atom stereocenters. The molecule has 6 nitrogen and oxygen atoms in total. The van der Waals surface area contributed by atoms with Crippen molar-refractivity contribution >= 4 is 12.0 Å². The van der Waals surface area contributed by atoms with E-state index in [1.165, 1.54) is 6.08 Å². The van der Waals surface area contributed by atoms with Crippen molar-refractivity contribution < 1.29 is 14.7 Å². The van der Waals surface area contributed by atoms with Gasteiger partial charge in [-0.3, -0.25) is 9.78 Å². The fourth-order valence-electron chi connectivity index (χ4n) is 1.43. The highest BCUT2D eigenvalue weighted by Gasteiger charge is 2.14. The van der Waals surface area contributed by atoms with E-state index in [-0.39, 0.29) is 13.1 Å². The van der Waals surface area contributed by atoms with Gasteiger partial charge >= 0.3 is 12.0 Å². The number of urea groups is 1. The largest absolute Gasteiger partial charge is 0.480 e. The Morgan fingerprint density at radius 2 is 2.26 bits per heavy atom. The summed E-state index contributed by atoms with van der Waals surface area (Å²) in [5.74, 6) is -1.06. The molecular formula is C13H17N3O3. The summed E-state index contributed by atoms with van der Waals surface area (Å²) in [6.45, 7) is 5.50. The maximum atomic E-state index is 11.8. The van der Waals surface area contributed by atoms with E-state index in [4.69, 9.17) is 5.11 Å². The number of aryl methyl sites for hydroxylation is 1. The average molecular weight is 263 g/mol. The Labute approximate surface area is 111 Å². The molecule has 0 aromatic carbocycles. The normalized spacial score (nSPS) is 9.74. The first-order chi connectivity index (χ1) is 9.02. The lowest BCUT2D eigenvalue weighted by atomic mass is 10.2. The van der Waals surface area contributed by atoms with Crippen LogP contribution in [0.4, 0.5) is 4.79 Å². The van der Waals surface area contributed by atoms with E-state index in [0.29, 0.717) is 6.54 Å². The predicted molar refractivity (Wildman–Crippen MR) is 70.6 cm³/mol. The second-order valence-corrected chi connectivity index (χ2v) is 4.03. The van der Waals surface area contributed by atoms with Gasteiger partial charge in [-0.1, -0.05) is 12.1 Å². The number of nitrogens with one attached hydrogen (secondary N) is 1. The van der Waals surface area contributed by atoms with Gasteiger partial charge in [0.1, 0.15) is 6.54 Å². The summed E-state index contributed by atoms with van der Waals surface area (Å²) in [7, 11) is 0. The number of nitrogens with zero attached hydrogens (tertiary/aromatic N) is 2. The smallest absolute Gasteiger partial charge is 0.323 e. The van der Waals surface area contributed by atoms with Crippen LogP contribution in [0.2, 0.25) is 0 Å². The summed E-state index contributed by atoms with van der Waals surface area (Å²) in [5, 5.41) is 11.4. The van der Waals surface area contributed by atoms with Crippen molar-refractivity contribution in [2.75, 3.05) is 13.1 Å². The van der Waals surface area contributed by atoms with Crippen LogP contribution in [-0.4, -0.2) is 40.1 Å². The van der Waals surface area contributed by atoms with Crippen LogP contribution in [0.25, 0.3) is 0 Å². The molecule has 2 amide bonds. The third-order valence-electron chi connectivity index (χ3n) is 2.38. The van der Waals surface area contributed by atoms with E-state index in [1.54, 1.807) is 6.20 Å². The van der Waals surface area contributed by atoms with Crippen LogP contribution < -0.4 is 5.32 Å².